The van der Waals surface area contributed by atoms with Crippen LogP contribution in [0.2, 0.25) is 5.02 Å². The summed E-state index contributed by atoms with van der Waals surface area (Å²) in [5.74, 6) is -1.92. The molecule has 26 heavy (non-hydrogen) atoms. The van der Waals surface area contributed by atoms with Crippen LogP contribution in [-0.4, -0.2) is 39.4 Å². The predicted molar refractivity (Wildman–Crippen MR) is 85.1 cm³/mol. The first-order valence-electron chi connectivity index (χ1n) is 7.41. The summed E-state index contributed by atoms with van der Waals surface area (Å²) < 4.78 is 38.6. The molecule has 138 valence electrons. The van der Waals surface area contributed by atoms with Gasteiger partial charge in [-0.3, -0.25) is 4.79 Å². The Kier molecular flexibility index (Phi) is 4.53. The summed E-state index contributed by atoms with van der Waals surface area (Å²) in [6, 6.07) is 3.74. The van der Waals surface area contributed by atoms with Crippen LogP contribution in [0.1, 0.15) is 23.1 Å². The van der Waals surface area contributed by atoms with E-state index in [2.05, 4.69) is 15.3 Å². The van der Waals surface area contributed by atoms with E-state index < -0.39 is 36.0 Å². The zero-order valence-corrected chi connectivity index (χ0v) is 13.8. The van der Waals surface area contributed by atoms with Crippen LogP contribution >= 0.6 is 11.6 Å². The van der Waals surface area contributed by atoms with Crippen molar-refractivity contribution in [3.63, 3.8) is 0 Å². The van der Waals surface area contributed by atoms with Crippen molar-refractivity contribution >= 4 is 23.5 Å². The van der Waals surface area contributed by atoms with Gasteiger partial charge in [0.25, 0.3) is 0 Å². The van der Waals surface area contributed by atoms with Crippen molar-refractivity contribution in [2.75, 3.05) is 6.54 Å². The first-order valence-corrected chi connectivity index (χ1v) is 7.78. The number of halogens is 4. The molecule has 1 aromatic heterocycles. The standard InChI is InChI=1S/C15H13ClF3N5O2/c16-8-3-1-7(2-4-8)11(9-5-21-13(22-9)15(17,18)19)24-6-10(12(20)25)23-14(24)26/h1-5,10-11H,6H2,(H2,20,25)(H,21,22)(H,23,26)/t10?,11-/m0/s1. The maximum Gasteiger partial charge on any atom is 0.449 e. The second kappa shape index (κ2) is 6.52. The van der Waals surface area contributed by atoms with Gasteiger partial charge in [-0.25, -0.2) is 9.78 Å². The molecule has 0 saturated carbocycles. The van der Waals surface area contributed by atoms with E-state index in [1.807, 2.05) is 0 Å². The van der Waals surface area contributed by atoms with E-state index in [-0.39, 0.29) is 12.2 Å². The lowest BCUT2D eigenvalue weighted by Crippen LogP contribution is -2.39. The molecule has 3 amide bonds. The number of H-pyrrole nitrogens is 1. The first kappa shape index (κ1) is 18.1. The number of nitrogens with one attached hydrogen (secondary N) is 2. The van der Waals surface area contributed by atoms with Gasteiger partial charge in [0, 0.05) is 5.02 Å². The monoisotopic (exact) mass is 387 g/mol. The number of carbonyl (C=O) groups is 2. The number of primary amides is 1. The minimum atomic E-state index is -4.66. The number of hydrogen-bond acceptors (Lipinski definition) is 3. The summed E-state index contributed by atoms with van der Waals surface area (Å²) >= 11 is 5.86. The van der Waals surface area contributed by atoms with Crippen LogP contribution in [0.25, 0.3) is 0 Å². The number of rotatable bonds is 4. The number of nitrogens with zero attached hydrogens (tertiary/aromatic N) is 2. The molecule has 1 aliphatic heterocycles. The third-order valence-corrected chi connectivity index (χ3v) is 4.19. The third kappa shape index (κ3) is 3.45. The number of nitrogens with two attached hydrogens (primary N) is 1. The lowest BCUT2D eigenvalue weighted by molar-refractivity contribution is -0.144. The highest BCUT2D eigenvalue weighted by Gasteiger charge is 2.40. The molecule has 0 spiro atoms. The highest BCUT2D eigenvalue weighted by atomic mass is 35.5. The van der Waals surface area contributed by atoms with Crippen LogP contribution in [0.5, 0.6) is 0 Å². The molecule has 3 rings (SSSR count). The molecule has 4 N–H and O–H groups in total. The number of aromatic nitrogens is 2. The Morgan fingerprint density at radius 1 is 1.35 bits per heavy atom. The fraction of sp³-hybridized carbons (Fsp3) is 0.267. The zero-order chi connectivity index (χ0) is 19.1. The quantitative estimate of drug-likeness (QED) is 0.747. The van der Waals surface area contributed by atoms with E-state index in [0.717, 1.165) is 6.20 Å². The Hall–Kier alpha value is -2.75. The van der Waals surface area contributed by atoms with Crippen LogP contribution in [-0.2, 0) is 11.0 Å². The van der Waals surface area contributed by atoms with E-state index in [0.29, 0.717) is 10.6 Å². The summed E-state index contributed by atoms with van der Waals surface area (Å²) in [4.78, 5) is 30.4. The molecule has 2 heterocycles. The molecule has 1 aromatic carbocycles. The fourth-order valence-corrected chi connectivity index (χ4v) is 2.86. The molecule has 1 aliphatic rings. The molecular weight excluding hydrogens is 375 g/mol. The van der Waals surface area contributed by atoms with Gasteiger partial charge in [0.2, 0.25) is 11.7 Å². The van der Waals surface area contributed by atoms with E-state index in [1.54, 1.807) is 24.3 Å². The summed E-state index contributed by atoms with van der Waals surface area (Å²) in [6.07, 6.45) is -3.65. The molecule has 0 bridgehead atoms. The number of alkyl halides is 3. The highest BCUT2D eigenvalue weighted by molar-refractivity contribution is 6.30. The molecule has 7 nitrogen and oxygen atoms in total. The summed E-state index contributed by atoms with van der Waals surface area (Å²) in [7, 11) is 0. The first-order chi connectivity index (χ1) is 12.2. The smallest absolute Gasteiger partial charge is 0.368 e. The van der Waals surface area contributed by atoms with Gasteiger partial charge in [-0.05, 0) is 17.7 Å². The van der Waals surface area contributed by atoms with Crippen LogP contribution in [0.15, 0.2) is 30.5 Å². The molecule has 1 unspecified atom stereocenters. The Bertz CT molecular complexity index is 837. The van der Waals surface area contributed by atoms with Crippen LogP contribution in [0.4, 0.5) is 18.0 Å². The molecule has 1 saturated heterocycles. The van der Waals surface area contributed by atoms with Gasteiger partial charge in [-0.15, -0.1) is 0 Å². The Labute approximate surface area is 150 Å². The van der Waals surface area contributed by atoms with Gasteiger partial charge in [0.05, 0.1) is 18.4 Å². The zero-order valence-electron chi connectivity index (χ0n) is 13.0. The molecule has 2 atom stereocenters. The maximum atomic E-state index is 12.9. The van der Waals surface area contributed by atoms with Gasteiger partial charge in [-0.1, -0.05) is 23.7 Å². The summed E-state index contributed by atoms with van der Waals surface area (Å²) in [5, 5.41) is 2.83. The number of benzene rings is 1. The van der Waals surface area contributed by atoms with Crippen molar-refractivity contribution < 1.29 is 22.8 Å². The molecule has 0 aliphatic carbocycles. The van der Waals surface area contributed by atoms with Crippen molar-refractivity contribution in [3.05, 3.63) is 52.6 Å². The predicted octanol–water partition coefficient (Wildman–Crippen LogP) is 2.05. The summed E-state index contributed by atoms with van der Waals surface area (Å²) in [5.41, 5.74) is 5.75. The van der Waals surface area contributed by atoms with E-state index in [4.69, 9.17) is 17.3 Å². The SMILES string of the molecule is NC(=O)C1CN([C@@H](c2ccc(Cl)cc2)c2cnc(C(F)(F)F)[nH]2)C(=O)N1. The Balaban J connectivity index is 2.03. The van der Waals surface area contributed by atoms with Crippen LogP contribution in [0.3, 0.4) is 0 Å². The molecular formula is C15H13ClF3N5O2. The second-order valence-corrected chi connectivity index (χ2v) is 6.13. The van der Waals surface area contributed by atoms with Gasteiger partial charge in [0.15, 0.2) is 0 Å². The van der Waals surface area contributed by atoms with E-state index >= 15 is 0 Å². The third-order valence-electron chi connectivity index (χ3n) is 3.94. The number of imidazole rings is 1. The normalized spacial score (nSPS) is 18.7. The topological polar surface area (TPSA) is 104 Å². The van der Waals surface area contributed by atoms with Gasteiger partial charge >= 0.3 is 12.2 Å². The Morgan fingerprint density at radius 3 is 2.50 bits per heavy atom. The lowest BCUT2D eigenvalue weighted by atomic mass is 10.0. The average Bonchev–Trinajstić information content (AvgIpc) is 3.17. The van der Waals surface area contributed by atoms with E-state index in [9.17, 15) is 22.8 Å². The molecule has 0 radical (unpaired) electrons. The number of carbonyl (C=O) groups excluding carboxylic acids is 2. The number of hydrogen-bond donors (Lipinski definition) is 3. The highest BCUT2D eigenvalue weighted by Crippen LogP contribution is 2.33. The van der Waals surface area contributed by atoms with Crippen LogP contribution < -0.4 is 11.1 Å². The van der Waals surface area contributed by atoms with Gasteiger partial charge in [0.1, 0.15) is 12.1 Å². The second-order valence-electron chi connectivity index (χ2n) is 5.70. The number of amides is 3. The summed E-state index contributed by atoms with van der Waals surface area (Å²) in [6.45, 7) is -0.0954. The van der Waals surface area contributed by atoms with Crippen molar-refractivity contribution in [1.82, 2.24) is 20.2 Å². The number of aromatic amines is 1. The average molecular weight is 388 g/mol. The van der Waals surface area contributed by atoms with Gasteiger partial charge in [-0.2, -0.15) is 13.2 Å². The van der Waals surface area contributed by atoms with Crippen molar-refractivity contribution in [3.8, 4) is 0 Å². The fourth-order valence-electron chi connectivity index (χ4n) is 2.73. The minimum Gasteiger partial charge on any atom is -0.368 e. The molecule has 11 heteroatoms. The maximum absolute atomic E-state index is 12.9. The van der Waals surface area contributed by atoms with Crippen LogP contribution in [0, 0.1) is 0 Å². The molecule has 2 aromatic rings. The largest absolute Gasteiger partial charge is 0.449 e. The van der Waals surface area contributed by atoms with Crippen molar-refractivity contribution in [1.29, 1.82) is 0 Å². The van der Waals surface area contributed by atoms with Crippen molar-refractivity contribution in [2.24, 2.45) is 5.73 Å². The molecule has 1 fully saturated rings. The van der Waals surface area contributed by atoms with Gasteiger partial charge < -0.3 is 20.9 Å². The minimum absolute atomic E-state index is 0.0416. The van der Waals surface area contributed by atoms with Crippen molar-refractivity contribution in [2.45, 2.75) is 18.3 Å². The number of urea groups is 1. The van der Waals surface area contributed by atoms with E-state index in [1.165, 1.54) is 4.90 Å². The lowest BCUT2D eigenvalue weighted by Gasteiger charge is -2.26. The Morgan fingerprint density at radius 2 is 2.00 bits per heavy atom.